The zero-order chi connectivity index (χ0) is 12.6. The van der Waals surface area contributed by atoms with Crippen LogP contribution < -0.4 is 15.8 Å². The Bertz CT molecular complexity index is 557. The van der Waals surface area contributed by atoms with Gasteiger partial charge < -0.3 is 10.6 Å². The van der Waals surface area contributed by atoms with Crippen LogP contribution >= 0.6 is 0 Å². The summed E-state index contributed by atoms with van der Waals surface area (Å²) in [7, 11) is -3.71. The molecule has 1 unspecified atom stereocenters. The maximum Gasteiger partial charge on any atom is 0.228 e. The SMILES string of the molecule is Nc1cnccc1N1CC(S(N)(=O)=O)CC1=O. The molecule has 92 valence electrons. The maximum atomic E-state index is 11.7. The smallest absolute Gasteiger partial charge is 0.228 e. The van der Waals surface area contributed by atoms with Gasteiger partial charge in [0.05, 0.1) is 17.6 Å². The van der Waals surface area contributed by atoms with Crippen LogP contribution in [0.5, 0.6) is 0 Å². The molecule has 0 saturated carbocycles. The number of carbonyl (C=O) groups excluding carboxylic acids is 1. The third kappa shape index (κ3) is 2.22. The number of aromatic nitrogens is 1. The van der Waals surface area contributed by atoms with Crippen molar-refractivity contribution in [1.82, 2.24) is 4.98 Å². The van der Waals surface area contributed by atoms with Gasteiger partial charge in [-0.25, -0.2) is 13.6 Å². The molecule has 1 aromatic heterocycles. The van der Waals surface area contributed by atoms with E-state index in [1.807, 2.05) is 0 Å². The Balaban J connectivity index is 2.31. The summed E-state index contributed by atoms with van der Waals surface area (Å²) in [6.07, 6.45) is 2.79. The Labute approximate surface area is 98.5 Å². The van der Waals surface area contributed by atoms with Crippen LogP contribution in [0.1, 0.15) is 6.42 Å². The van der Waals surface area contributed by atoms with Gasteiger partial charge in [0.1, 0.15) is 5.25 Å². The number of nitrogens with zero attached hydrogens (tertiary/aromatic N) is 2. The number of hydrogen-bond acceptors (Lipinski definition) is 5. The molecular formula is C9H12N4O3S. The lowest BCUT2D eigenvalue weighted by atomic mass is 10.3. The van der Waals surface area contributed by atoms with E-state index in [1.165, 1.54) is 17.3 Å². The van der Waals surface area contributed by atoms with E-state index in [-0.39, 0.29) is 18.9 Å². The fourth-order valence-electron chi connectivity index (χ4n) is 1.77. The molecule has 1 saturated heterocycles. The average molecular weight is 256 g/mol. The highest BCUT2D eigenvalue weighted by molar-refractivity contribution is 7.89. The van der Waals surface area contributed by atoms with E-state index in [9.17, 15) is 13.2 Å². The standard InChI is InChI=1S/C9H12N4O3S/c10-7-4-12-2-1-8(7)13-5-6(3-9(13)14)17(11,15)16/h1-2,4,6H,3,5,10H2,(H2,11,15,16). The Hall–Kier alpha value is -1.67. The van der Waals surface area contributed by atoms with E-state index < -0.39 is 15.3 Å². The van der Waals surface area contributed by atoms with Gasteiger partial charge in [0.15, 0.2) is 0 Å². The van der Waals surface area contributed by atoms with Gasteiger partial charge in [-0.15, -0.1) is 0 Å². The lowest BCUT2D eigenvalue weighted by Crippen LogP contribution is -2.32. The number of hydrogen-bond donors (Lipinski definition) is 2. The summed E-state index contributed by atoms with van der Waals surface area (Å²) in [5.41, 5.74) is 6.48. The molecule has 1 amide bonds. The van der Waals surface area contributed by atoms with Crippen LogP contribution in [0.25, 0.3) is 0 Å². The van der Waals surface area contributed by atoms with Gasteiger partial charge in [-0.3, -0.25) is 9.78 Å². The average Bonchev–Trinajstić information content (AvgIpc) is 2.61. The summed E-state index contributed by atoms with van der Waals surface area (Å²) in [6.45, 7) is 0.0336. The van der Waals surface area contributed by atoms with Gasteiger partial charge in [0.2, 0.25) is 15.9 Å². The first-order valence-corrected chi connectivity index (χ1v) is 6.52. The van der Waals surface area contributed by atoms with Crippen molar-refractivity contribution in [3.63, 3.8) is 0 Å². The van der Waals surface area contributed by atoms with E-state index >= 15 is 0 Å². The Morgan fingerprint density at radius 2 is 2.18 bits per heavy atom. The van der Waals surface area contributed by atoms with Crippen molar-refractivity contribution in [2.45, 2.75) is 11.7 Å². The predicted molar refractivity (Wildman–Crippen MR) is 62.5 cm³/mol. The third-order valence-electron chi connectivity index (χ3n) is 2.67. The quantitative estimate of drug-likeness (QED) is 0.707. The van der Waals surface area contributed by atoms with E-state index in [0.717, 1.165) is 0 Å². The lowest BCUT2D eigenvalue weighted by molar-refractivity contribution is -0.117. The first kappa shape index (κ1) is 11.8. The molecule has 2 rings (SSSR count). The van der Waals surface area contributed by atoms with Crippen LogP contribution in [0.2, 0.25) is 0 Å². The second-order valence-electron chi connectivity index (χ2n) is 3.85. The summed E-state index contributed by atoms with van der Waals surface area (Å²) < 4.78 is 22.4. The topological polar surface area (TPSA) is 119 Å². The number of amides is 1. The molecular weight excluding hydrogens is 244 g/mol. The first-order valence-electron chi connectivity index (χ1n) is 4.91. The highest BCUT2D eigenvalue weighted by Gasteiger charge is 2.37. The number of sulfonamides is 1. The maximum absolute atomic E-state index is 11.7. The van der Waals surface area contributed by atoms with Crippen LogP contribution in [0.4, 0.5) is 11.4 Å². The number of nitrogens with two attached hydrogens (primary N) is 2. The van der Waals surface area contributed by atoms with E-state index in [4.69, 9.17) is 10.9 Å². The molecule has 7 nitrogen and oxygen atoms in total. The number of primary sulfonamides is 1. The van der Waals surface area contributed by atoms with Crippen molar-refractivity contribution in [2.24, 2.45) is 5.14 Å². The minimum absolute atomic E-state index is 0.0336. The second-order valence-corrected chi connectivity index (χ2v) is 5.70. The number of rotatable bonds is 2. The molecule has 0 aromatic carbocycles. The molecule has 1 fully saturated rings. The molecule has 17 heavy (non-hydrogen) atoms. The fraction of sp³-hybridized carbons (Fsp3) is 0.333. The van der Waals surface area contributed by atoms with Gasteiger partial charge in [-0.05, 0) is 6.07 Å². The number of carbonyl (C=O) groups is 1. The van der Waals surface area contributed by atoms with Gasteiger partial charge in [0.25, 0.3) is 0 Å². The first-order chi connectivity index (χ1) is 7.89. The van der Waals surface area contributed by atoms with Crippen molar-refractivity contribution in [3.8, 4) is 0 Å². The van der Waals surface area contributed by atoms with Crippen LogP contribution in [-0.4, -0.2) is 31.1 Å². The van der Waals surface area contributed by atoms with Crippen LogP contribution in [0.15, 0.2) is 18.5 Å². The van der Waals surface area contributed by atoms with E-state index in [0.29, 0.717) is 11.4 Å². The molecule has 8 heteroatoms. The number of pyridine rings is 1. The molecule has 1 aliphatic rings. The molecule has 1 aromatic rings. The number of anilines is 2. The molecule has 2 heterocycles. The summed E-state index contributed by atoms with van der Waals surface area (Å²) in [5, 5.41) is 4.16. The van der Waals surface area contributed by atoms with Gasteiger partial charge >= 0.3 is 0 Å². The van der Waals surface area contributed by atoms with Crippen molar-refractivity contribution >= 4 is 27.3 Å². The largest absolute Gasteiger partial charge is 0.396 e. The minimum atomic E-state index is -3.71. The highest BCUT2D eigenvalue weighted by Crippen LogP contribution is 2.27. The summed E-state index contributed by atoms with van der Waals surface area (Å²) in [4.78, 5) is 16.8. The van der Waals surface area contributed by atoms with E-state index in [2.05, 4.69) is 4.98 Å². The summed E-state index contributed by atoms with van der Waals surface area (Å²) >= 11 is 0. The summed E-state index contributed by atoms with van der Waals surface area (Å²) in [6, 6.07) is 1.57. The molecule has 4 N–H and O–H groups in total. The Morgan fingerprint density at radius 3 is 2.71 bits per heavy atom. The van der Waals surface area contributed by atoms with Crippen molar-refractivity contribution < 1.29 is 13.2 Å². The minimum Gasteiger partial charge on any atom is -0.396 e. The molecule has 0 radical (unpaired) electrons. The fourth-order valence-corrected chi connectivity index (χ4v) is 2.50. The van der Waals surface area contributed by atoms with Crippen LogP contribution in [0, 0.1) is 0 Å². The highest BCUT2D eigenvalue weighted by atomic mass is 32.2. The van der Waals surface area contributed by atoms with Crippen molar-refractivity contribution in [1.29, 1.82) is 0 Å². The Kier molecular flexibility index (Phi) is 2.76. The monoisotopic (exact) mass is 256 g/mol. The second kappa shape index (κ2) is 3.97. The molecule has 0 spiro atoms. The molecule has 0 bridgehead atoms. The van der Waals surface area contributed by atoms with Gasteiger partial charge in [-0.2, -0.15) is 0 Å². The molecule has 0 aliphatic carbocycles. The predicted octanol–water partition coefficient (Wildman–Crippen LogP) is -0.942. The van der Waals surface area contributed by atoms with Crippen LogP contribution in [0.3, 0.4) is 0 Å². The van der Waals surface area contributed by atoms with Crippen LogP contribution in [-0.2, 0) is 14.8 Å². The van der Waals surface area contributed by atoms with Crippen molar-refractivity contribution in [3.05, 3.63) is 18.5 Å². The zero-order valence-corrected chi connectivity index (χ0v) is 9.72. The molecule has 1 aliphatic heterocycles. The summed E-state index contributed by atoms with van der Waals surface area (Å²) in [5.74, 6) is -0.304. The van der Waals surface area contributed by atoms with Gasteiger partial charge in [0, 0.05) is 19.2 Å². The molecule has 1 atom stereocenters. The third-order valence-corrected chi connectivity index (χ3v) is 3.92. The van der Waals surface area contributed by atoms with E-state index in [1.54, 1.807) is 6.07 Å². The lowest BCUT2D eigenvalue weighted by Gasteiger charge is -2.17. The Morgan fingerprint density at radius 1 is 1.47 bits per heavy atom. The van der Waals surface area contributed by atoms with Gasteiger partial charge in [-0.1, -0.05) is 0 Å². The normalized spacial score (nSPS) is 20.9. The zero-order valence-electron chi connectivity index (χ0n) is 8.91. The number of nitrogen functional groups attached to an aromatic ring is 1. The van der Waals surface area contributed by atoms with Crippen molar-refractivity contribution in [2.75, 3.05) is 17.2 Å².